The molecule has 186 valence electrons. The highest BCUT2D eigenvalue weighted by molar-refractivity contribution is 5.80. The number of nitrogens with one attached hydrogen (secondary N) is 1. The van der Waals surface area contributed by atoms with Crippen molar-refractivity contribution in [3.05, 3.63) is 23.7 Å². The summed E-state index contributed by atoms with van der Waals surface area (Å²) in [5.74, 6) is 3.18. The second-order valence-corrected chi connectivity index (χ2v) is 9.19. The van der Waals surface area contributed by atoms with Crippen molar-refractivity contribution in [2.75, 3.05) is 43.1 Å². The Labute approximate surface area is 206 Å². The van der Waals surface area contributed by atoms with Gasteiger partial charge in [0.25, 0.3) is 0 Å². The van der Waals surface area contributed by atoms with E-state index < -0.39 is 0 Å². The average Bonchev–Trinajstić information content (AvgIpc) is 3.34. The molecule has 9 heteroatoms. The highest BCUT2D eigenvalue weighted by Crippen LogP contribution is 2.43. The quantitative estimate of drug-likeness (QED) is 0.589. The van der Waals surface area contributed by atoms with Gasteiger partial charge in [0.15, 0.2) is 11.6 Å². The van der Waals surface area contributed by atoms with Crippen LogP contribution >= 0.6 is 0 Å². The van der Waals surface area contributed by atoms with Crippen molar-refractivity contribution in [3.8, 4) is 11.5 Å². The van der Waals surface area contributed by atoms with Crippen LogP contribution < -0.4 is 19.7 Å². The van der Waals surface area contributed by atoms with Gasteiger partial charge in [-0.3, -0.25) is 9.98 Å². The number of morpholine rings is 1. The van der Waals surface area contributed by atoms with Gasteiger partial charge in [0.05, 0.1) is 37.3 Å². The summed E-state index contributed by atoms with van der Waals surface area (Å²) < 4.78 is 17.9. The Bertz CT molecular complexity index is 1090. The van der Waals surface area contributed by atoms with Gasteiger partial charge in [-0.05, 0) is 52.3 Å². The molecular weight excluding hydrogens is 444 g/mol. The smallest absolute Gasteiger partial charge is 0.183 e. The first kappa shape index (κ1) is 23.5. The van der Waals surface area contributed by atoms with Crippen molar-refractivity contribution in [1.82, 2.24) is 9.97 Å². The van der Waals surface area contributed by atoms with Crippen LogP contribution in [-0.2, 0) is 11.2 Å². The molecule has 1 aliphatic carbocycles. The van der Waals surface area contributed by atoms with E-state index in [0.29, 0.717) is 18.3 Å². The van der Waals surface area contributed by atoms with E-state index in [0.717, 1.165) is 98.6 Å². The molecule has 1 N–H and O–H groups in total. The number of rotatable bonds is 7. The zero-order chi connectivity index (χ0) is 24.2. The number of aryl methyl sites for hydroxylation is 1. The lowest BCUT2D eigenvalue weighted by atomic mass is 9.93. The molecule has 1 aromatic carbocycles. The molecule has 1 saturated carbocycles. The second kappa shape index (κ2) is 10.6. The summed E-state index contributed by atoms with van der Waals surface area (Å²) in [6.45, 7) is 11.5. The minimum Gasteiger partial charge on any atom is -0.488 e. The molecule has 2 fully saturated rings. The summed E-state index contributed by atoms with van der Waals surface area (Å²) >= 11 is 0. The van der Waals surface area contributed by atoms with Crippen LogP contribution in [0.4, 0.5) is 22.9 Å². The summed E-state index contributed by atoms with van der Waals surface area (Å²) in [6, 6.07) is 4.47. The Morgan fingerprint density at radius 1 is 1.14 bits per heavy atom. The lowest BCUT2D eigenvalue weighted by Crippen LogP contribution is -2.36. The first-order valence-corrected chi connectivity index (χ1v) is 12.5. The van der Waals surface area contributed by atoms with Crippen LogP contribution in [0.2, 0.25) is 0 Å². The first-order chi connectivity index (χ1) is 17.1. The van der Waals surface area contributed by atoms with E-state index in [1.165, 1.54) is 0 Å². The summed E-state index contributed by atoms with van der Waals surface area (Å²) in [7, 11) is 0. The van der Waals surface area contributed by atoms with Crippen LogP contribution in [0.25, 0.3) is 0 Å². The van der Waals surface area contributed by atoms with Gasteiger partial charge in [-0.2, -0.15) is 0 Å². The fourth-order valence-electron chi connectivity index (χ4n) is 5.06. The van der Waals surface area contributed by atoms with E-state index in [1.807, 2.05) is 13.8 Å². The average molecular weight is 479 g/mol. The molecule has 5 rings (SSSR count). The minimum absolute atomic E-state index is 0.112. The molecule has 0 amide bonds. The van der Waals surface area contributed by atoms with Gasteiger partial charge in [0, 0.05) is 43.5 Å². The van der Waals surface area contributed by atoms with Crippen molar-refractivity contribution in [1.29, 1.82) is 0 Å². The Hall–Kier alpha value is -3.20. The van der Waals surface area contributed by atoms with Crippen LogP contribution in [0.3, 0.4) is 0 Å². The van der Waals surface area contributed by atoms with Crippen molar-refractivity contribution < 1.29 is 14.2 Å². The SMILES string of the molecule is C=Nc1c(N=CC)cc(N2CCOCC2)cc1OC1CCC(Nc2nc(C)nc3c2OCC3)CC1. The van der Waals surface area contributed by atoms with E-state index in [4.69, 9.17) is 14.2 Å². The van der Waals surface area contributed by atoms with E-state index in [9.17, 15) is 0 Å². The van der Waals surface area contributed by atoms with Crippen LogP contribution in [-0.4, -0.2) is 68.0 Å². The van der Waals surface area contributed by atoms with Gasteiger partial charge in [-0.25, -0.2) is 9.97 Å². The van der Waals surface area contributed by atoms with Gasteiger partial charge in [-0.1, -0.05) is 0 Å². The monoisotopic (exact) mass is 478 g/mol. The number of hydrogen-bond donors (Lipinski definition) is 1. The Balaban J connectivity index is 1.28. The molecule has 2 aromatic rings. The molecule has 1 aromatic heterocycles. The second-order valence-electron chi connectivity index (χ2n) is 9.19. The van der Waals surface area contributed by atoms with Crippen molar-refractivity contribution in [2.45, 2.75) is 58.1 Å². The topological polar surface area (TPSA) is 93.5 Å². The van der Waals surface area contributed by atoms with Crippen molar-refractivity contribution in [3.63, 3.8) is 0 Å². The third-order valence-corrected chi connectivity index (χ3v) is 6.78. The summed E-state index contributed by atoms with van der Waals surface area (Å²) in [5, 5.41) is 3.61. The molecule has 2 aliphatic heterocycles. The Morgan fingerprint density at radius 2 is 1.94 bits per heavy atom. The number of aromatic nitrogens is 2. The molecule has 9 nitrogen and oxygen atoms in total. The molecular formula is C26H34N6O3. The molecule has 0 unspecified atom stereocenters. The van der Waals surface area contributed by atoms with Gasteiger partial charge in [0.1, 0.15) is 17.3 Å². The van der Waals surface area contributed by atoms with Crippen LogP contribution in [0, 0.1) is 6.92 Å². The predicted octanol–water partition coefficient (Wildman–Crippen LogP) is 4.41. The highest BCUT2D eigenvalue weighted by atomic mass is 16.5. The van der Waals surface area contributed by atoms with Crippen LogP contribution in [0.5, 0.6) is 11.5 Å². The number of hydrogen-bond acceptors (Lipinski definition) is 9. The number of ether oxygens (including phenoxy) is 3. The molecule has 0 radical (unpaired) electrons. The first-order valence-electron chi connectivity index (χ1n) is 12.5. The zero-order valence-corrected chi connectivity index (χ0v) is 20.6. The largest absolute Gasteiger partial charge is 0.488 e. The molecule has 0 atom stereocenters. The number of aliphatic imine (C=N–C) groups is 2. The van der Waals surface area contributed by atoms with Gasteiger partial charge >= 0.3 is 0 Å². The summed E-state index contributed by atoms with van der Waals surface area (Å²) in [5.41, 5.74) is 3.57. The van der Waals surface area contributed by atoms with Gasteiger partial charge in [0.2, 0.25) is 0 Å². The molecule has 0 bridgehead atoms. The van der Waals surface area contributed by atoms with Crippen LogP contribution in [0.1, 0.15) is 44.1 Å². The van der Waals surface area contributed by atoms with E-state index in [1.54, 1.807) is 6.21 Å². The zero-order valence-electron chi connectivity index (χ0n) is 20.6. The van der Waals surface area contributed by atoms with Crippen LogP contribution in [0.15, 0.2) is 22.1 Å². The highest BCUT2D eigenvalue weighted by Gasteiger charge is 2.27. The predicted molar refractivity (Wildman–Crippen MR) is 139 cm³/mol. The third kappa shape index (κ3) is 5.24. The van der Waals surface area contributed by atoms with Crippen molar-refractivity contribution in [2.24, 2.45) is 9.98 Å². The summed E-state index contributed by atoms with van der Waals surface area (Å²) in [4.78, 5) is 20.3. The Kier molecular flexibility index (Phi) is 7.13. The molecule has 0 spiro atoms. The maximum Gasteiger partial charge on any atom is 0.183 e. The fraction of sp³-hybridized carbons (Fsp3) is 0.538. The van der Waals surface area contributed by atoms with Crippen molar-refractivity contribution >= 4 is 35.8 Å². The number of fused-ring (bicyclic) bond motifs is 1. The molecule has 35 heavy (non-hydrogen) atoms. The van der Waals surface area contributed by atoms with Gasteiger partial charge < -0.3 is 24.4 Å². The lowest BCUT2D eigenvalue weighted by molar-refractivity contribution is 0.122. The maximum absolute atomic E-state index is 6.54. The Morgan fingerprint density at radius 3 is 2.69 bits per heavy atom. The third-order valence-electron chi connectivity index (χ3n) is 6.78. The van der Waals surface area contributed by atoms with E-state index in [-0.39, 0.29) is 6.10 Å². The van der Waals surface area contributed by atoms with E-state index >= 15 is 0 Å². The number of nitrogens with zero attached hydrogens (tertiary/aromatic N) is 5. The molecule has 3 heterocycles. The minimum atomic E-state index is 0.112. The summed E-state index contributed by atoms with van der Waals surface area (Å²) in [6.07, 6.45) is 6.60. The fourth-order valence-corrected chi connectivity index (χ4v) is 5.06. The lowest BCUT2D eigenvalue weighted by Gasteiger charge is -2.32. The maximum atomic E-state index is 6.54. The standard InChI is InChI=1S/C26H34N6O3/c1-4-28-22-15-19(32-10-13-33-14-11-32)16-23(24(22)27-3)35-20-7-5-18(6-8-20)31-26-25-21(9-12-34-25)29-17(2)30-26/h4,15-16,18,20H,3,5-14H2,1-2H3,(H,29,30,31). The normalized spacial score (nSPS) is 22.1. The number of anilines is 2. The number of benzene rings is 1. The molecule has 3 aliphatic rings. The van der Waals surface area contributed by atoms with Gasteiger partial charge in [-0.15, -0.1) is 0 Å². The van der Waals surface area contributed by atoms with E-state index in [2.05, 4.69) is 49.0 Å². The molecule has 1 saturated heterocycles.